The molecule has 0 aliphatic heterocycles. The monoisotopic (exact) mass is 438 g/mol. The third-order valence-corrected chi connectivity index (χ3v) is 5.71. The van der Waals surface area contributed by atoms with E-state index in [9.17, 15) is 4.79 Å². The maximum Gasteiger partial charge on any atom is 0.247 e. The van der Waals surface area contributed by atoms with Crippen LogP contribution in [0.5, 0.6) is 0 Å². The van der Waals surface area contributed by atoms with Crippen LogP contribution in [0, 0.1) is 0 Å². The minimum absolute atomic E-state index is 0.174. The Morgan fingerprint density at radius 3 is 2.63 bits per heavy atom. The van der Waals surface area contributed by atoms with Crippen molar-refractivity contribution in [1.82, 2.24) is 30.5 Å². The van der Waals surface area contributed by atoms with E-state index in [1.807, 2.05) is 54.8 Å². The van der Waals surface area contributed by atoms with Crippen LogP contribution in [0.2, 0.25) is 5.02 Å². The SMILES string of the molecule is CCC(C(=O)NCc1csc(-c2ccccc2)n1)n1nnc(-c2ccc(Cl)cc2)n1. The Morgan fingerprint density at radius 1 is 1.13 bits per heavy atom. The molecule has 0 aliphatic carbocycles. The molecule has 0 aliphatic rings. The van der Waals surface area contributed by atoms with E-state index < -0.39 is 6.04 Å². The van der Waals surface area contributed by atoms with Gasteiger partial charge in [0.15, 0.2) is 6.04 Å². The van der Waals surface area contributed by atoms with Gasteiger partial charge in [0.1, 0.15) is 5.01 Å². The Hall–Kier alpha value is -3.10. The van der Waals surface area contributed by atoms with Crippen molar-refractivity contribution in [3.63, 3.8) is 0 Å². The highest BCUT2D eigenvalue weighted by atomic mass is 35.5. The van der Waals surface area contributed by atoms with Crippen molar-refractivity contribution in [1.29, 1.82) is 0 Å². The first-order valence-corrected chi connectivity index (χ1v) is 10.7. The molecule has 30 heavy (non-hydrogen) atoms. The van der Waals surface area contributed by atoms with Crippen molar-refractivity contribution in [2.75, 3.05) is 0 Å². The van der Waals surface area contributed by atoms with E-state index in [4.69, 9.17) is 11.6 Å². The largest absolute Gasteiger partial charge is 0.348 e. The lowest BCUT2D eigenvalue weighted by atomic mass is 10.2. The van der Waals surface area contributed by atoms with Gasteiger partial charge in [0.05, 0.1) is 12.2 Å². The summed E-state index contributed by atoms with van der Waals surface area (Å²) in [6.45, 7) is 2.25. The highest BCUT2D eigenvalue weighted by molar-refractivity contribution is 7.13. The summed E-state index contributed by atoms with van der Waals surface area (Å²) >= 11 is 7.48. The topological polar surface area (TPSA) is 85.6 Å². The third-order valence-electron chi connectivity index (χ3n) is 4.52. The van der Waals surface area contributed by atoms with Crippen molar-refractivity contribution in [3.8, 4) is 22.0 Å². The number of nitrogens with one attached hydrogen (secondary N) is 1. The number of hydrogen-bond acceptors (Lipinski definition) is 6. The van der Waals surface area contributed by atoms with Gasteiger partial charge in [-0.3, -0.25) is 4.79 Å². The molecule has 2 aromatic heterocycles. The smallest absolute Gasteiger partial charge is 0.247 e. The van der Waals surface area contributed by atoms with Crippen LogP contribution in [0.3, 0.4) is 0 Å². The fourth-order valence-electron chi connectivity index (χ4n) is 2.92. The Labute approximate surface area is 182 Å². The summed E-state index contributed by atoms with van der Waals surface area (Å²) in [5, 5.41) is 19.0. The maximum atomic E-state index is 12.7. The number of benzene rings is 2. The van der Waals surface area contributed by atoms with Gasteiger partial charge in [0.2, 0.25) is 11.7 Å². The molecule has 2 heterocycles. The zero-order valence-electron chi connectivity index (χ0n) is 16.2. The number of amides is 1. The van der Waals surface area contributed by atoms with Crippen LogP contribution in [-0.2, 0) is 11.3 Å². The fraction of sp³-hybridized carbons (Fsp3) is 0.190. The van der Waals surface area contributed by atoms with Crippen LogP contribution in [0.1, 0.15) is 25.1 Å². The number of hydrogen-bond donors (Lipinski definition) is 1. The minimum Gasteiger partial charge on any atom is -0.348 e. The van der Waals surface area contributed by atoms with Crippen LogP contribution in [-0.4, -0.2) is 31.1 Å². The van der Waals surface area contributed by atoms with Crippen LogP contribution >= 0.6 is 22.9 Å². The highest BCUT2D eigenvalue weighted by Crippen LogP contribution is 2.23. The summed E-state index contributed by atoms with van der Waals surface area (Å²) in [6.07, 6.45) is 0.536. The molecule has 1 atom stereocenters. The summed E-state index contributed by atoms with van der Waals surface area (Å²) in [6, 6.07) is 16.6. The number of halogens is 1. The number of aromatic nitrogens is 5. The standard InChI is InChI=1S/C21H19ClN6OS/c1-2-18(28-26-19(25-27-28)14-8-10-16(22)11-9-14)20(29)23-12-17-13-30-21(24-17)15-6-4-3-5-7-15/h3-11,13,18H,2,12H2,1H3,(H,23,29). The van der Waals surface area contributed by atoms with E-state index in [0.717, 1.165) is 21.8 Å². The Kier molecular flexibility index (Phi) is 6.15. The molecule has 4 aromatic rings. The van der Waals surface area contributed by atoms with Crippen molar-refractivity contribution in [3.05, 3.63) is 70.7 Å². The Balaban J connectivity index is 1.41. The van der Waals surface area contributed by atoms with E-state index in [1.54, 1.807) is 23.5 Å². The number of carbonyl (C=O) groups is 1. The molecule has 2 aromatic carbocycles. The third kappa shape index (κ3) is 4.55. The second kappa shape index (κ2) is 9.15. The number of thiazole rings is 1. The number of nitrogens with zero attached hydrogens (tertiary/aromatic N) is 5. The van der Waals surface area contributed by atoms with E-state index in [1.165, 1.54) is 4.80 Å². The zero-order chi connectivity index (χ0) is 20.9. The molecule has 4 rings (SSSR count). The second-order valence-corrected chi connectivity index (χ2v) is 7.89. The fourth-order valence-corrected chi connectivity index (χ4v) is 3.87. The predicted octanol–water partition coefficient (Wildman–Crippen LogP) is 4.38. The van der Waals surface area contributed by atoms with Crippen molar-refractivity contribution >= 4 is 28.8 Å². The molecular formula is C21H19ClN6OS. The summed E-state index contributed by atoms with van der Waals surface area (Å²) in [5.41, 5.74) is 2.67. The molecule has 7 nitrogen and oxygen atoms in total. The minimum atomic E-state index is -0.550. The highest BCUT2D eigenvalue weighted by Gasteiger charge is 2.22. The molecule has 1 N–H and O–H groups in total. The quantitative estimate of drug-likeness (QED) is 0.462. The molecule has 1 unspecified atom stereocenters. The number of rotatable bonds is 7. The van der Waals surface area contributed by atoms with Crippen molar-refractivity contribution < 1.29 is 4.79 Å². The lowest BCUT2D eigenvalue weighted by Gasteiger charge is -2.12. The summed E-state index contributed by atoms with van der Waals surface area (Å²) in [7, 11) is 0. The molecule has 1 amide bonds. The Morgan fingerprint density at radius 2 is 1.90 bits per heavy atom. The van der Waals surface area contributed by atoms with Gasteiger partial charge in [0, 0.05) is 21.5 Å². The average molecular weight is 439 g/mol. The van der Waals surface area contributed by atoms with E-state index in [2.05, 4.69) is 25.7 Å². The molecule has 152 valence electrons. The molecule has 0 saturated heterocycles. The van der Waals surface area contributed by atoms with Gasteiger partial charge in [0.25, 0.3) is 0 Å². The van der Waals surface area contributed by atoms with Gasteiger partial charge in [-0.05, 0) is 35.9 Å². The van der Waals surface area contributed by atoms with E-state index in [-0.39, 0.29) is 5.91 Å². The van der Waals surface area contributed by atoms with Crippen LogP contribution < -0.4 is 5.32 Å². The van der Waals surface area contributed by atoms with Crippen molar-refractivity contribution in [2.45, 2.75) is 25.9 Å². The number of carbonyl (C=O) groups excluding carboxylic acids is 1. The molecule has 0 fully saturated rings. The van der Waals surface area contributed by atoms with Gasteiger partial charge < -0.3 is 5.32 Å². The van der Waals surface area contributed by atoms with E-state index >= 15 is 0 Å². The molecule has 0 radical (unpaired) electrons. The van der Waals surface area contributed by atoms with Crippen molar-refractivity contribution in [2.24, 2.45) is 0 Å². The Bertz CT molecular complexity index is 1130. The van der Waals surface area contributed by atoms with E-state index in [0.29, 0.717) is 23.8 Å². The second-order valence-electron chi connectivity index (χ2n) is 6.59. The van der Waals surface area contributed by atoms with Gasteiger partial charge in [-0.15, -0.1) is 21.5 Å². The van der Waals surface area contributed by atoms with Crippen LogP contribution in [0.4, 0.5) is 0 Å². The molecule has 9 heteroatoms. The van der Waals surface area contributed by atoms with Gasteiger partial charge >= 0.3 is 0 Å². The van der Waals surface area contributed by atoms with Gasteiger partial charge in [-0.2, -0.15) is 4.80 Å². The summed E-state index contributed by atoms with van der Waals surface area (Å²) in [4.78, 5) is 18.7. The summed E-state index contributed by atoms with van der Waals surface area (Å²) < 4.78 is 0. The lowest BCUT2D eigenvalue weighted by Crippen LogP contribution is -2.33. The molecular weight excluding hydrogens is 420 g/mol. The molecule has 0 saturated carbocycles. The lowest BCUT2D eigenvalue weighted by molar-refractivity contribution is -0.125. The average Bonchev–Trinajstić information content (AvgIpc) is 3.44. The normalized spacial score (nSPS) is 11.9. The summed E-state index contributed by atoms with van der Waals surface area (Å²) in [5.74, 6) is 0.275. The maximum absolute atomic E-state index is 12.7. The first-order chi connectivity index (χ1) is 14.6. The molecule has 0 spiro atoms. The first kappa shape index (κ1) is 20.2. The van der Waals surface area contributed by atoms with Gasteiger partial charge in [-0.25, -0.2) is 4.98 Å². The predicted molar refractivity (Wildman–Crippen MR) is 117 cm³/mol. The number of tetrazole rings is 1. The van der Waals surface area contributed by atoms with Crippen LogP contribution in [0.15, 0.2) is 60.0 Å². The molecule has 0 bridgehead atoms. The van der Waals surface area contributed by atoms with Crippen LogP contribution in [0.25, 0.3) is 22.0 Å². The first-order valence-electron chi connectivity index (χ1n) is 9.47. The van der Waals surface area contributed by atoms with Gasteiger partial charge in [-0.1, -0.05) is 48.9 Å². The zero-order valence-corrected chi connectivity index (χ0v) is 17.8.